The van der Waals surface area contributed by atoms with Crippen molar-refractivity contribution < 1.29 is 29.4 Å². The highest BCUT2D eigenvalue weighted by Gasteiger charge is 2.29. The molecule has 24 heavy (non-hydrogen) atoms. The fourth-order valence-electron chi connectivity index (χ4n) is 1.62. The largest absolute Gasteiger partial charge is 0.480 e. The smallest absolute Gasteiger partial charge is 0.322 e. The highest BCUT2D eigenvalue weighted by Crippen LogP contribution is 2.02. The van der Waals surface area contributed by atoms with E-state index in [0.29, 0.717) is 0 Å². The number of aliphatic hydroxyl groups excluding tert-OH is 1. The summed E-state index contributed by atoms with van der Waals surface area (Å²) in [6.45, 7) is 2.01. The first-order valence-corrected chi connectivity index (χ1v) is 7.84. The summed E-state index contributed by atoms with van der Waals surface area (Å²) in [7, 11) is 0. The fraction of sp³-hybridized carbons (Fsp3) is 0.692. The fourth-order valence-corrected chi connectivity index (χ4v) is 1.78. The molecule has 7 N–H and O–H groups in total. The maximum Gasteiger partial charge on any atom is 0.322 e. The Balaban J connectivity index is 4.87. The van der Waals surface area contributed by atoms with Crippen LogP contribution in [0.15, 0.2) is 0 Å². The normalized spacial score (nSPS) is 14.4. The summed E-state index contributed by atoms with van der Waals surface area (Å²) in [5.74, 6) is -3.67. The Morgan fingerprint density at radius 3 is 2.08 bits per heavy atom. The van der Waals surface area contributed by atoms with Crippen LogP contribution in [0, 0.1) is 5.92 Å². The molecule has 3 atom stereocenters. The van der Waals surface area contributed by atoms with E-state index in [1.54, 1.807) is 13.8 Å². The average Bonchev–Trinajstić information content (AvgIpc) is 2.53. The monoisotopic (exact) mass is 364 g/mol. The number of nitrogens with one attached hydrogen (secondary N) is 3. The molecule has 3 unspecified atom stereocenters. The Labute approximate surface area is 144 Å². The molecular weight excluding hydrogens is 340 g/mol. The predicted octanol–water partition coefficient (Wildman–Crippen LogP) is -2.94. The summed E-state index contributed by atoms with van der Waals surface area (Å²) < 4.78 is 0. The molecule has 3 amide bonds. The number of rotatable bonds is 10. The highest BCUT2D eigenvalue weighted by atomic mass is 32.1. The van der Waals surface area contributed by atoms with Crippen LogP contribution in [0.3, 0.4) is 0 Å². The lowest BCUT2D eigenvalue weighted by molar-refractivity contribution is -0.139. The molecule has 0 spiro atoms. The summed E-state index contributed by atoms with van der Waals surface area (Å²) in [5, 5.41) is 24.6. The van der Waals surface area contributed by atoms with Crippen molar-refractivity contribution in [1.29, 1.82) is 0 Å². The van der Waals surface area contributed by atoms with Crippen molar-refractivity contribution in [2.45, 2.75) is 32.0 Å². The standard InChI is InChI=1S/C13H24N4O6S/c1-6(2)10(13(23)15-3-9(19)20)17-12(22)8(4-18)16-11(21)7(14)5-24/h6-8,10,18,24H,3-5,14H2,1-2H3,(H,15,23)(H,16,21)(H,17,22)(H,19,20). The second kappa shape index (κ2) is 10.8. The maximum absolute atomic E-state index is 12.1. The van der Waals surface area contributed by atoms with Crippen molar-refractivity contribution in [3.8, 4) is 0 Å². The Morgan fingerprint density at radius 1 is 1.08 bits per heavy atom. The van der Waals surface area contributed by atoms with E-state index in [1.165, 1.54) is 0 Å². The predicted molar refractivity (Wildman–Crippen MR) is 88.3 cm³/mol. The van der Waals surface area contributed by atoms with Crippen molar-refractivity contribution in [2.24, 2.45) is 11.7 Å². The van der Waals surface area contributed by atoms with Crippen molar-refractivity contribution in [2.75, 3.05) is 18.9 Å². The van der Waals surface area contributed by atoms with E-state index in [1.807, 2.05) is 0 Å². The van der Waals surface area contributed by atoms with Crippen molar-refractivity contribution in [3.63, 3.8) is 0 Å². The van der Waals surface area contributed by atoms with Crippen LogP contribution >= 0.6 is 12.6 Å². The number of amides is 3. The maximum atomic E-state index is 12.1. The lowest BCUT2D eigenvalue weighted by Gasteiger charge is -2.24. The van der Waals surface area contributed by atoms with Crippen molar-refractivity contribution in [3.05, 3.63) is 0 Å². The summed E-state index contributed by atoms with van der Waals surface area (Å²) >= 11 is 3.86. The van der Waals surface area contributed by atoms with Gasteiger partial charge in [-0.1, -0.05) is 13.8 Å². The topological polar surface area (TPSA) is 171 Å². The molecule has 0 aliphatic carbocycles. The van der Waals surface area contributed by atoms with Crippen LogP contribution < -0.4 is 21.7 Å². The summed E-state index contributed by atoms with van der Waals surface area (Å²) in [5.41, 5.74) is 5.46. The van der Waals surface area contributed by atoms with Gasteiger partial charge < -0.3 is 31.9 Å². The summed E-state index contributed by atoms with van der Waals surface area (Å²) in [6, 6.07) is -3.27. The molecule has 11 heteroatoms. The van der Waals surface area contributed by atoms with Gasteiger partial charge in [-0.2, -0.15) is 12.6 Å². The summed E-state index contributed by atoms with van der Waals surface area (Å²) in [6.07, 6.45) is 0. The van der Waals surface area contributed by atoms with Crippen molar-refractivity contribution in [1.82, 2.24) is 16.0 Å². The third-order valence-corrected chi connectivity index (χ3v) is 3.40. The van der Waals surface area contributed by atoms with E-state index in [4.69, 9.17) is 10.8 Å². The SMILES string of the molecule is CC(C)C(NC(=O)C(CO)NC(=O)C(N)CS)C(=O)NCC(=O)O. The molecule has 0 bridgehead atoms. The van der Waals surface area contributed by atoms with Crippen LogP contribution in [-0.4, -0.2) is 70.9 Å². The van der Waals surface area contributed by atoms with Gasteiger partial charge in [0.15, 0.2) is 0 Å². The number of carboxylic acids is 1. The molecule has 0 aromatic heterocycles. The molecule has 0 saturated carbocycles. The molecule has 10 nitrogen and oxygen atoms in total. The van der Waals surface area contributed by atoms with Gasteiger partial charge in [0, 0.05) is 5.75 Å². The van der Waals surface area contributed by atoms with E-state index < -0.39 is 55.0 Å². The molecule has 0 aromatic carbocycles. The molecule has 0 rings (SSSR count). The number of carbonyl (C=O) groups excluding carboxylic acids is 3. The Morgan fingerprint density at radius 2 is 1.67 bits per heavy atom. The van der Waals surface area contributed by atoms with Crippen LogP contribution in [0.4, 0.5) is 0 Å². The molecule has 0 aromatic rings. The highest BCUT2D eigenvalue weighted by molar-refractivity contribution is 7.80. The first-order valence-electron chi connectivity index (χ1n) is 7.21. The second-order valence-electron chi connectivity index (χ2n) is 5.37. The van der Waals surface area contributed by atoms with E-state index >= 15 is 0 Å². The van der Waals surface area contributed by atoms with Crippen LogP contribution in [0.25, 0.3) is 0 Å². The lowest BCUT2D eigenvalue weighted by Crippen LogP contribution is -2.58. The molecule has 138 valence electrons. The zero-order valence-electron chi connectivity index (χ0n) is 13.5. The van der Waals surface area contributed by atoms with Crippen LogP contribution in [0.2, 0.25) is 0 Å². The molecular formula is C13H24N4O6S. The Bertz CT molecular complexity index is 473. The molecule has 0 aliphatic heterocycles. The number of hydrogen-bond acceptors (Lipinski definition) is 7. The first kappa shape index (κ1) is 22.1. The first-order chi connectivity index (χ1) is 11.1. The minimum Gasteiger partial charge on any atom is -0.480 e. The third-order valence-electron chi connectivity index (χ3n) is 3.01. The minimum absolute atomic E-state index is 0.0534. The Hall–Kier alpha value is -1.85. The number of thiol groups is 1. The lowest BCUT2D eigenvalue weighted by atomic mass is 10.0. The number of hydrogen-bond donors (Lipinski definition) is 7. The quantitative estimate of drug-likeness (QED) is 0.203. The average molecular weight is 364 g/mol. The zero-order chi connectivity index (χ0) is 18.9. The number of carbonyl (C=O) groups is 4. The second-order valence-corrected chi connectivity index (χ2v) is 5.74. The van der Waals surface area contributed by atoms with E-state index in [-0.39, 0.29) is 11.7 Å². The van der Waals surface area contributed by atoms with E-state index in [9.17, 15) is 24.3 Å². The van der Waals surface area contributed by atoms with Crippen LogP contribution in [-0.2, 0) is 19.2 Å². The number of nitrogens with two attached hydrogens (primary N) is 1. The van der Waals surface area contributed by atoms with Crippen molar-refractivity contribution >= 4 is 36.3 Å². The third kappa shape index (κ3) is 7.62. The number of carboxylic acid groups (broad SMARTS) is 1. The van der Waals surface area contributed by atoms with Crippen LogP contribution in [0.1, 0.15) is 13.8 Å². The van der Waals surface area contributed by atoms with Gasteiger partial charge in [-0.25, -0.2) is 0 Å². The van der Waals surface area contributed by atoms with Gasteiger partial charge in [0.25, 0.3) is 0 Å². The van der Waals surface area contributed by atoms with Gasteiger partial charge in [0.2, 0.25) is 17.7 Å². The van der Waals surface area contributed by atoms with Gasteiger partial charge in [0.1, 0.15) is 18.6 Å². The van der Waals surface area contributed by atoms with Gasteiger partial charge in [-0.15, -0.1) is 0 Å². The van der Waals surface area contributed by atoms with Gasteiger partial charge >= 0.3 is 5.97 Å². The molecule has 0 fully saturated rings. The zero-order valence-corrected chi connectivity index (χ0v) is 14.4. The van der Waals surface area contributed by atoms with E-state index in [0.717, 1.165) is 0 Å². The minimum atomic E-state index is -1.29. The number of aliphatic hydroxyl groups is 1. The van der Waals surface area contributed by atoms with Crippen LogP contribution in [0.5, 0.6) is 0 Å². The summed E-state index contributed by atoms with van der Waals surface area (Å²) in [4.78, 5) is 46.2. The van der Waals surface area contributed by atoms with Gasteiger partial charge in [-0.3, -0.25) is 19.2 Å². The molecule has 0 heterocycles. The molecule has 0 radical (unpaired) electrons. The Kier molecular flexibility index (Phi) is 10.0. The van der Waals surface area contributed by atoms with Gasteiger partial charge in [-0.05, 0) is 5.92 Å². The molecule has 0 aliphatic rings. The van der Waals surface area contributed by atoms with E-state index in [2.05, 4.69) is 28.6 Å². The number of aliphatic carboxylic acids is 1. The van der Waals surface area contributed by atoms with Gasteiger partial charge in [0.05, 0.1) is 12.6 Å². The molecule has 0 saturated heterocycles.